The van der Waals surface area contributed by atoms with Crippen LogP contribution in [0.2, 0.25) is 0 Å². The number of aromatic nitrogens is 1. The molecule has 1 aromatic rings. The van der Waals surface area contributed by atoms with E-state index in [0.717, 1.165) is 22.9 Å². The van der Waals surface area contributed by atoms with Gasteiger partial charge in [0, 0.05) is 10.7 Å². The van der Waals surface area contributed by atoms with Gasteiger partial charge in [-0.15, -0.1) is 0 Å². The third kappa shape index (κ3) is 4.23. The summed E-state index contributed by atoms with van der Waals surface area (Å²) in [7, 11) is 0. The lowest BCUT2D eigenvalue weighted by Gasteiger charge is -2.30. The Bertz CT molecular complexity index is 528. The number of rotatable bonds is 7. The molecule has 21 heavy (non-hydrogen) atoms. The fourth-order valence-corrected chi connectivity index (χ4v) is 2.92. The van der Waals surface area contributed by atoms with Gasteiger partial charge >= 0.3 is 0 Å². The molecule has 1 heterocycles. The molecule has 1 aromatic heterocycles. The van der Waals surface area contributed by atoms with Crippen molar-refractivity contribution in [3.8, 4) is 0 Å². The molecule has 0 unspecified atom stereocenters. The van der Waals surface area contributed by atoms with Crippen molar-refractivity contribution < 1.29 is 4.79 Å². The van der Waals surface area contributed by atoms with Crippen LogP contribution in [0.1, 0.15) is 45.1 Å². The average Bonchev–Trinajstić information content (AvgIpc) is 2.42. The SMILES string of the molecule is CCCC(CCC)(C(=O)Nc1cc(C)c(Br)cn1)C(N)=S. The monoisotopic (exact) mass is 371 g/mol. The molecule has 0 aliphatic rings. The maximum absolute atomic E-state index is 12.7. The Labute approximate surface area is 140 Å². The van der Waals surface area contributed by atoms with Gasteiger partial charge in [0.05, 0.1) is 10.4 Å². The van der Waals surface area contributed by atoms with Crippen LogP contribution < -0.4 is 11.1 Å². The summed E-state index contributed by atoms with van der Waals surface area (Å²) in [6.07, 6.45) is 4.66. The molecule has 0 saturated carbocycles. The molecule has 0 radical (unpaired) electrons. The molecule has 1 rings (SSSR count). The zero-order chi connectivity index (χ0) is 16.0. The minimum absolute atomic E-state index is 0.159. The number of anilines is 1. The van der Waals surface area contributed by atoms with Crippen molar-refractivity contribution in [1.29, 1.82) is 0 Å². The second kappa shape index (κ2) is 7.84. The largest absolute Gasteiger partial charge is 0.392 e. The molecular weight excluding hydrogens is 350 g/mol. The minimum atomic E-state index is -0.790. The van der Waals surface area contributed by atoms with Gasteiger partial charge in [-0.25, -0.2) is 4.98 Å². The lowest BCUT2D eigenvalue weighted by atomic mass is 9.78. The standard InChI is InChI=1S/C15H22BrN3OS/c1-4-6-15(7-5-2,13(17)21)14(20)19-12-8-10(3)11(16)9-18-12/h8-9H,4-7H2,1-3H3,(H2,17,21)(H,18,19,20). The van der Waals surface area contributed by atoms with Gasteiger partial charge in [-0.05, 0) is 47.3 Å². The number of nitrogens with one attached hydrogen (secondary N) is 1. The zero-order valence-corrected chi connectivity index (χ0v) is 15.1. The molecule has 3 N–H and O–H groups in total. The van der Waals surface area contributed by atoms with E-state index in [1.165, 1.54) is 0 Å². The molecule has 0 atom stereocenters. The number of nitrogens with two attached hydrogens (primary N) is 1. The second-order valence-corrected chi connectivity index (χ2v) is 6.51. The van der Waals surface area contributed by atoms with Gasteiger partial charge in [0.1, 0.15) is 5.82 Å². The quantitative estimate of drug-likeness (QED) is 0.711. The zero-order valence-electron chi connectivity index (χ0n) is 12.7. The third-order valence-corrected chi connectivity index (χ3v) is 4.77. The third-order valence-electron chi connectivity index (χ3n) is 3.55. The number of hydrogen-bond donors (Lipinski definition) is 2. The number of carbonyl (C=O) groups is 1. The van der Waals surface area contributed by atoms with E-state index in [-0.39, 0.29) is 10.9 Å². The normalized spacial score (nSPS) is 11.2. The molecule has 0 aliphatic heterocycles. The number of aryl methyl sites for hydroxylation is 1. The van der Waals surface area contributed by atoms with Crippen LogP contribution in [0.5, 0.6) is 0 Å². The Kier molecular flexibility index (Phi) is 6.74. The van der Waals surface area contributed by atoms with Gasteiger partial charge in [0.25, 0.3) is 0 Å². The van der Waals surface area contributed by atoms with Crippen LogP contribution in [0, 0.1) is 12.3 Å². The molecule has 0 aliphatic carbocycles. The summed E-state index contributed by atoms with van der Waals surface area (Å²) in [5, 5.41) is 2.86. The number of hydrogen-bond acceptors (Lipinski definition) is 3. The summed E-state index contributed by atoms with van der Waals surface area (Å²) in [6.45, 7) is 6.00. The van der Waals surface area contributed by atoms with Crippen LogP contribution in [0.3, 0.4) is 0 Å². The van der Waals surface area contributed by atoms with E-state index >= 15 is 0 Å². The topological polar surface area (TPSA) is 68.0 Å². The lowest BCUT2D eigenvalue weighted by Crippen LogP contribution is -2.46. The van der Waals surface area contributed by atoms with Gasteiger partial charge in [-0.2, -0.15) is 0 Å². The highest BCUT2D eigenvalue weighted by Gasteiger charge is 2.40. The fraction of sp³-hybridized carbons (Fsp3) is 0.533. The van der Waals surface area contributed by atoms with E-state index in [2.05, 4.69) is 26.2 Å². The summed E-state index contributed by atoms with van der Waals surface area (Å²) in [5.41, 5.74) is 6.11. The van der Waals surface area contributed by atoms with Crippen molar-refractivity contribution in [2.24, 2.45) is 11.1 Å². The number of nitrogens with zero attached hydrogens (tertiary/aromatic N) is 1. The summed E-state index contributed by atoms with van der Waals surface area (Å²) < 4.78 is 0.906. The number of thiocarbonyl (C=S) groups is 1. The number of carbonyl (C=O) groups excluding carboxylic acids is 1. The summed E-state index contributed by atoms with van der Waals surface area (Å²) >= 11 is 8.58. The summed E-state index contributed by atoms with van der Waals surface area (Å²) in [5.74, 6) is 0.362. The summed E-state index contributed by atoms with van der Waals surface area (Å²) in [4.78, 5) is 17.2. The van der Waals surface area contributed by atoms with Crippen LogP contribution in [0.4, 0.5) is 5.82 Å². The smallest absolute Gasteiger partial charge is 0.238 e. The Morgan fingerprint density at radius 2 is 2.00 bits per heavy atom. The number of halogens is 1. The van der Waals surface area contributed by atoms with Crippen molar-refractivity contribution >= 4 is 44.9 Å². The maximum Gasteiger partial charge on any atom is 0.238 e. The number of amides is 1. The molecule has 0 saturated heterocycles. The first-order valence-corrected chi connectivity index (χ1v) is 8.31. The molecule has 0 spiro atoms. The first kappa shape index (κ1) is 18.0. The van der Waals surface area contributed by atoms with E-state index in [1.54, 1.807) is 6.20 Å². The van der Waals surface area contributed by atoms with Crippen LogP contribution in [0.25, 0.3) is 0 Å². The van der Waals surface area contributed by atoms with Gasteiger partial charge in [-0.3, -0.25) is 4.79 Å². The minimum Gasteiger partial charge on any atom is -0.392 e. The molecular formula is C15H22BrN3OS. The molecule has 1 amide bonds. The van der Waals surface area contributed by atoms with Crippen molar-refractivity contribution in [2.45, 2.75) is 46.5 Å². The lowest BCUT2D eigenvalue weighted by molar-refractivity contribution is -0.122. The molecule has 6 heteroatoms. The van der Waals surface area contributed by atoms with E-state index in [9.17, 15) is 4.79 Å². The average molecular weight is 372 g/mol. The fourth-order valence-electron chi connectivity index (χ4n) is 2.41. The molecule has 0 aromatic carbocycles. The Morgan fingerprint density at radius 1 is 1.43 bits per heavy atom. The Morgan fingerprint density at radius 3 is 2.43 bits per heavy atom. The highest BCUT2D eigenvalue weighted by atomic mass is 79.9. The van der Waals surface area contributed by atoms with Gasteiger partial charge in [0.15, 0.2) is 0 Å². The first-order chi connectivity index (χ1) is 9.87. The van der Waals surface area contributed by atoms with E-state index < -0.39 is 5.41 Å². The Hall–Kier alpha value is -1.01. The maximum atomic E-state index is 12.7. The second-order valence-electron chi connectivity index (χ2n) is 5.22. The highest BCUT2D eigenvalue weighted by molar-refractivity contribution is 9.10. The van der Waals surface area contributed by atoms with Crippen LogP contribution in [-0.4, -0.2) is 15.9 Å². The van der Waals surface area contributed by atoms with Crippen LogP contribution in [0.15, 0.2) is 16.7 Å². The predicted molar refractivity (Wildman–Crippen MR) is 94.3 cm³/mol. The van der Waals surface area contributed by atoms with Gasteiger partial charge < -0.3 is 11.1 Å². The van der Waals surface area contributed by atoms with E-state index in [0.29, 0.717) is 18.7 Å². The Balaban J connectivity index is 3.04. The van der Waals surface area contributed by atoms with Crippen molar-refractivity contribution in [3.63, 3.8) is 0 Å². The van der Waals surface area contributed by atoms with Crippen LogP contribution >= 0.6 is 28.1 Å². The van der Waals surface area contributed by atoms with Crippen molar-refractivity contribution in [3.05, 3.63) is 22.3 Å². The van der Waals surface area contributed by atoms with E-state index in [1.807, 2.05) is 26.8 Å². The van der Waals surface area contributed by atoms with E-state index in [4.69, 9.17) is 18.0 Å². The van der Waals surface area contributed by atoms with Crippen molar-refractivity contribution in [2.75, 3.05) is 5.32 Å². The summed E-state index contributed by atoms with van der Waals surface area (Å²) in [6, 6.07) is 1.82. The first-order valence-electron chi connectivity index (χ1n) is 7.11. The van der Waals surface area contributed by atoms with Crippen LogP contribution in [-0.2, 0) is 4.79 Å². The molecule has 116 valence electrons. The molecule has 0 fully saturated rings. The number of pyridine rings is 1. The highest BCUT2D eigenvalue weighted by Crippen LogP contribution is 2.32. The molecule has 0 bridgehead atoms. The van der Waals surface area contributed by atoms with Gasteiger partial charge in [-0.1, -0.05) is 38.9 Å². The molecule has 4 nitrogen and oxygen atoms in total. The van der Waals surface area contributed by atoms with Gasteiger partial charge in [0.2, 0.25) is 5.91 Å². The predicted octanol–water partition coefficient (Wildman–Crippen LogP) is 3.96. The van der Waals surface area contributed by atoms with Crippen molar-refractivity contribution in [1.82, 2.24) is 4.98 Å².